The number of carbonyl (C=O) groups is 1. The summed E-state index contributed by atoms with van der Waals surface area (Å²) in [6.07, 6.45) is 2.58. The molecule has 0 radical (unpaired) electrons. The highest BCUT2D eigenvalue weighted by Gasteiger charge is 2.04. The summed E-state index contributed by atoms with van der Waals surface area (Å²) < 4.78 is 0. The molecule has 0 fully saturated rings. The summed E-state index contributed by atoms with van der Waals surface area (Å²) in [5.41, 5.74) is 2.39. The van der Waals surface area contributed by atoms with Crippen LogP contribution in [0.2, 0.25) is 0 Å². The van der Waals surface area contributed by atoms with Crippen LogP contribution in [-0.2, 0) is 0 Å². The monoisotopic (exact) mass is 186 g/mol. The predicted molar refractivity (Wildman–Crippen MR) is 56.7 cm³/mol. The molecule has 0 atom stereocenters. The maximum absolute atomic E-state index is 10.8. The topological polar surface area (TPSA) is 42.0 Å². The van der Waals surface area contributed by atoms with Crippen molar-refractivity contribution in [2.75, 3.05) is 12.4 Å². The van der Waals surface area contributed by atoms with E-state index in [1.54, 1.807) is 19.3 Å². The van der Waals surface area contributed by atoms with Crippen molar-refractivity contribution in [2.45, 2.75) is 0 Å². The normalized spacial score (nSPS) is 10.1. The summed E-state index contributed by atoms with van der Waals surface area (Å²) in [5.74, 6) is 0. The van der Waals surface area contributed by atoms with E-state index in [1.807, 2.05) is 18.2 Å². The molecule has 2 rings (SSSR count). The molecule has 0 bridgehead atoms. The van der Waals surface area contributed by atoms with Gasteiger partial charge >= 0.3 is 0 Å². The van der Waals surface area contributed by atoms with Gasteiger partial charge in [-0.1, -0.05) is 0 Å². The fourth-order valence-corrected chi connectivity index (χ4v) is 1.55. The van der Waals surface area contributed by atoms with Gasteiger partial charge < -0.3 is 5.32 Å². The molecule has 14 heavy (non-hydrogen) atoms. The second kappa shape index (κ2) is 3.46. The molecule has 0 unspecified atom stereocenters. The lowest BCUT2D eigenvalue weighted by atomic mass is 10.1. The van der Waals surface area contributed by atoms with Crippen LogP contribution >= 0.6 is 0 Å². The van der Waals surface area contributed by atoms with Gasteiger partial charge in [-0.25, -0.2) is 0 Å². The van der Waals surface area contributed by atoms with E-state index in [0.717, 1.165) is 22.9 Å². The number of pyridine rings is 1. The van der Waals surface area contributed by atoms with Gasteiger partial charge in [0.15, 0.2) is 6.29 Å². The lowest BCUT2D eigenvalue weighted by Crippen LogP contribution is -1.96. The van der Waals surface area contributed by atoms with Crippen molar-refractivity contribution in [2.24, 2.45) is 0 Å². The van der Waals surface area contributed by atoms with Gasteiger partial charge in [0.1, 0.15) is 0 Å². The van der Waals surface area contributed by atoms with Crippen LogP contribution in [0, 0.1) is 0 Å². The fraction of sp³-hybridized carbons (Fsp3) is 0.0909. The maximum Gasteiger partial charge on any atom is 0.152 e. The molecule has 0 aliphatic heterocycles. The Morgan fingerprint density at radius 2 is 2.21 bits per heavy atom. The first kappa shape index (κ1) is 8.69. The Labute approximate surface area is 81.8 Å². The molecule has 1 aromatic heterocycles. The Kier molecular flexibility index (Phi) is 2.14. The number of nitrogens with zero attached hydrogens (tertiary/aromatic N) is 1. The molecule has 1 heterocycles. The number of hydrogen-bond acceptors (Lipinski definition) is 3. The summed E-state index contributed by atoms with van der Waals surface area (Å²) in [4.78, 5) is 15.0. The van der Waals surface area contributed by atoms with Gasteiger partial charge in [-0.15, -0.1) is 0 Å². The zero-order valence-electron chi connectivity index (χ0n) is 7.82. The van der Waals surface area contributed by atoms with Gasteiger partial charge in [0.25, 0.3) is 0 Å². The SMILES string of the molecule is CNc1c(C=O)ccc2ncccc12. The Bertz CT molecular complexity index is 480. The molecule has 0 saturated heterocycles. The van der Waals surface area contributed by atoms with Gasteiger partial charge in [0.05, 0.1) is 11.2 Å². The number of aldehydes is 1. The van der Waals surface area contributed by atoms with E-state index in [4.69, 9.17) is 0 Å². The van der Waals surface area contributed by atoms with Gasteiger partial charge in [-0.05, 0) is 24.3 Å². The number of anilines is 1. The van der Waals surface area contributed by atoms with Crippen LogP contribution in [0.5, 0.6) is 0 Å². The molecule has 1 N–H and O–H groups in total. The number of rotatable bonds is 2. The minimum absolute atomic E-state index is 0.660. The van der Waals surface area contributed by atoms with E-state index >= 15 is 0 Å². The van der Waals surface area contributed by atoms with Crippen molar-refractivity contribution >= 4 is 22.9 Å². The van der Waals surface area contributed by atoms with Crippen LogP contribution in [-0.4, -0.2) is 18.3 Å². The summed E-state index contributed by atoms with van der Waals surface area (Å²) in [6, 6.07) is 7.42. The van der Waals surface area contributed by atoms with E-state index < -0.39 is 0 Å². The second-order valence-corrected chi connectivity index (χ2v) is 2.97. The fourth-order valence-electron chi connectivity index (χ4n) is 1.55. The summed E-state index contributed by atoms with van der Waals surface area (Å²) in [7, 11) is 1.80. The standard InChI is InChI=1S/C11H10N2O/c1-12-11-8(7-14)4-5-10-9(11)3-2-6-13-10/h2-7,12H,1H3. The Balaban J connectivity index is 2.83. The molecule has 0 spiro atoms. The number of carbonyl (C=O) groups excluding carboxylic acids is 1. The van der Waals surface area contributed by atoms with Crippen LogP contribution in [0.1, 0.15) is 10.4 Å². The van der Waals surface area contributed by atoms with Crippen molar-refractivity contribution in [3.05, 3.63) is 36.0 Å². The van der Waals surface area contributed by atoms with Gasteiger partial charge in [-0.2, -0.15) is 0 Å². The Hall–Kier alpha value is -1.90. The molecule has 70 valence electrons. The molecule has 0 saturated carbocycles. The molecular weight excluding hydrogens is 176 g/mol. The number of fused-ring (bicyclic) bond motifs is 1. The number of aromatic nitrogens is 1. The highest BCUT2D eigenvalue weighted by Crippen LogP contribution is 2.24. The zero-order valence-corrected chi connectivity index (χ0v) is 7.82. The number of benzene rings is 1. The van der Waals surface area contributed by atoms with Crippen molar-refractivity contribution in [1.82, 2.24) is 4.98 Å². The van der Waals surface area contributed by atoms with Crippen LogP contribution < -0.4 is 5.32 Å². The third-order valence-corrected chi connectivity index (χ3v) is 2.19. The van der Waals surface area contributed by atoms with Crippen molar-refractivity contribution < 1.29 is 4.79 Å². The third-order valence-electron chi connectivity index (χ3n) is 2.19. The average molecular weight is 186 g/mol. The van der Waals surface area contributed by atoms with Gasteiger partial charge in [0.2, 0.25) is 0 Å². The molecular formula is C11H10N2O. The molecule has 0 amide bonds. The molecule has 1 aromatic carbocycles. The van der Waals surface area contributed by atoms with E-state index in [2.05, 4.69) is 10.3 Å². The van der Waals surface area contributed by atoms with Crippen molar-refractivity contribution in [1.29, 1.82) is 0 Å². The summed E-state index contributed by atoms with van der Waals surface area (Å²) in [5, 5.41) is 3.99. The average Bonchev–Trinajstić information content (AvgIpc) is 2.27. The molecule has 2 aromatic rings. The van der Waals surface area contributed by atoms with E-state index in [0.29, 0.717) is 5.56 Å². The van der Waals surface area contributed by atoms with E-state index in [-0.39, 0.29) is 0 Å². The van der Waals surface area contributed by atoms with Crippen LogP contribution in [0.15, 0.2) is 30.5 Å². The minimum Gasteiger partial charge on any atom is -0.387 e. The van der Waals surface area contributed by atoms with E-state index in [9.17, 15) is 4.79 Å². The molecule has 3 nitrogen and oxygen atoms in total. The van der Waals surface area contributed by atoms with Gasteiger partial charge in [0, 0.05) is 24.2 Å². The lowest BCUT2D eigenvalue weighted by molar-refractivity contribution is 0.112. The highest BCUT2D eigenvalue weighted by atomic mass is 16.1. The first-order valence-corrected chi connectivity index (χ1v) is 4.37. The molecule has 0 aliphatic carbocycles. The van der Waals surface area contributed by atoms with Gasteiger partial charge in [-0.3, -0.25) is 9.78 Å². The lowest BCUT2D eigenvalue weighted by Gasteiger charge is -2.07. The smallest absolute Gasteiger partial charge is 0.152 e. The first-order valence-electron chi connectivity index (χ1n) is 4.37. The van der Waals surface area contributed by atoms with Crippen LogP contribution in [0.4, 0.5) is 5.69 Å². The summed E-state index contributed by atoms with van der Waals surface area (Å²) >= 11 is 0. The highest BCUT2D eigenvalue weighted by molar-refractivity contribution is 6.00. The Morgan fingerprint density at radius 3 is 2.93 bits per heavy atom. The second-order valence-electron chi connectivity index (χ2n) is 2.97. The third kappa shape index (κ3) is 1.23. The predicted octanol–water partition coefficient (Wildman–Crippen LogP) is 2.09. The quantitative estimate of drug-likeness (QED) is 0.730. The van der Waals surface area contributed by atoms with Crippen LogP contribution in [0.25, 0.3) is 10.9 Å². The number of hydrogen-bond donors (Lipinski definition) is 1. The zero-order chi connectivity index (χ0) is 9.97. The van der Waals surface area contributed by atoms with Crippen molar-refractivity contribution in [3.63, 3.8) is 0 Å². The van der Waals surface area contributed by atoms with E-state index in [1.165, 1.54) is 0 Å². The maximum atomic E-state index is 10.8. The largest absolute Gasteiger partial charge is 0.387 e. The molecule has 0 aliphatic rings. The Morgan fingerprint density at radius 1 is 1.36 bits per heavy atom. The minimum atomic E-state index is 0.660. The first-order chi connectivity index (χ1) is 6.86. The van der Waals surface area contributed by atoms with Crippen molar-refractivity contribution in [3.8, 4) is 0 Å². The van der Waals surface area contributed by atoms with Crippen LogP contribution in [0.3, 0.4) is 0 Å². The number of nitrogens with one attached hydrogen (secondary N) is 1. The molecule has 3 heteroatoms. The summed E-state index contributed by atoms with van der Waals surface area (Å²) in [6.45, 7) is 0.